The molecule has 0 spiro atoms. The van der Waals surface area contributed by atoms with Gasteiger partial charge in [0.15, 0.2) is 0 Å². The Morgan fingerprint density at radius 3 is 2.05 bits per heavy atom. The summed E-state index contributed by atoms with van der Waals surface area (Å²) in [5.74, 6) is 0.0480. The van der Waals surface area contributed by atoms with Crippen molar-refractivity contribution in [2.75, 3.05) is 11.9 Å². The predicted octanol–water partition coefficient (Wildman–Crippen LogP) is 3.08. The number of rotatable bonds is 1. The second kappa shape index (κ2) is 6.16. The van der Waals surface area contributed by atoms with E-state index in [4.69, 9.17) is 5.41 Å². The zero-order valence-corrected chi connectivity index (χ0v) is 14.0. The fraction of sp³-hybridized carbons (Fsp3) is 0.500. The van der Waals surface area contributed by atoms with Gasteiger partial charge in [-0.05, 0) is 52.7 Å². The predicted molar refractivity (Wildman–Crippen MR) is 88.2 cm³/mol. The Balaban J connectivity index is 2.87. The van der Waals surface area contributed by atoms with E-state index in [9.17, 15) is 4.79 Å². The number of amides is 2. The van der Waals surface area contributed by atoms with E-state index >= 15 is 0 Å². The SMILES string of the molecule is Cc1cc(C)c(N(C)C(=N)NC(=O)NC(C)(C)C)c(C)c1. The monoisotopic (exact) mass is 290 g/mol. The quantitative estimate of drug-likeness (QED) is 0.549. The van der Waals surface area contributed by atoms with Gasteiger partial charge in [0.1, 0.15) is 0 Å². The first-order chi connectivity index (χ1) is 9.51. The van der Waals surface area contributed by atoms with Gasteiger partial charge in [-0.2, -0.15) is 0 Å². The number of anilines is 1. The van der Waals surface area contributed by atoms with Crippen LogP contribution in [0.3, 0.4) is 0 Å². The molecule has 0 saturated heterocycles. The lowest BCUT2D eigenvalue weighted by atomic mass is 10.0. The van der Waals surface area contributed by atoms with E-state index in [1.54, 1.807) is 11.9 Å². The molecule has 0 bridgehead atoms. The summed E-state index contributed by atoms with van der Waals surface area (Å²) in [7, 11) is 1.78. The minimum absolute atomic E-state index is 0.0480. The van der Waals surface area contributed by atoms with Crippen LogP contribution in [0.1, 0.15) is 37.5 Å². The van der Waals surface area contributed by atoms with Crippen LogP contribution in [-0.4, -0.2) is 24.6 Å². The van der Waals surface area contributed by atoms with Crippen LogP contribution in [0, 0.1) is 26.2 Å². The van der Waals surface area contributed by atoms with Crippen molar-refractivity contribution >= 4 is 17.7 Å². The van der Waals surface area contributed by atoms with Crippen molar-refractivity contribution in [2.45, 2.75) is 47.1 Å². The highest BCUT2D eigenvalue weighted by molar-refractivity contribution is 6.04. The van der Waals surface area contributed by atoms with E-state index < -0.39 is 0 Å². The second-order valence-corrected chi connectivity index (χ2v) is 6.48. The molecule has 21 heavy (non-hydrogen) atoms. The van der Waals surface area contributed by atoms with Gasteiger partial charge in [0, 0.05) is 18.3 Å². The number of nitrogens with zero attached hydrogens (tertiary/aromatic N) is 1. The number of hydrogen-bond donors (Lipinski definition) is 3. The fourth-order valence-corrected chi connectivity index (χ4v) is 2.38. The average molecular weight is 290 g/mol. The Hall–Kier alpha value is -2.04. The van der Waals surface area contributed by atoms with Crippen LogP contribution in [-0.2, 0) is 0 Å². The number of aryl methyl sites for hydroxylation is 3. The summed E-state index contributed by atoms with van der Waals surface area (Å²) < 4.78 is 0. The van der Waals surface area contributed by atoms with Gasteiger partial charge in [-0.25, -0.2) is 4.79 Å². The normalized spacial score (nSPS) is 11.0. The zero-order valence-electron chi connectivity index (χ0n) is 14.0. The van der Waals surface area contributed by atoms with Crippen molar-refractivity contribution < 1.29 is 4.79 Å². The number of nitrogens with one attached hydrogen (secondary N) is 3. The molecule has 1 aromatic rings. The molecule has 0 radical (unpaired) electrons. The van der Waals surface area contributed by atoms with E-state index in [0.29, 0.717) is 0 Å². The number of carbonyl (C=O) groups is 1. The molecule has 0 aliphatic heterocycles. The van der Waals surface area contributed by atoms with Crippen LogP contribution in [0.2, 0.25) is 0 Å². The first-order valence-corrected chi connectivity index (χ1v) is 7.00. The summed E-state index contributed by atoms with van der Waals surface area (Å²) in [5, 5.41) is 13.4. The Bertz CT molecular complexity index is 535. The molecule has 116 valence electrons. The van der Waals surface area contributed by atoms with Gasteiger partial charge in [0.05, 0.1) is 0 Å². The first kappa shape index (κ1) is 17.0. The number of benzene rings is 1. The summed E-state index contributed by atoms with van der Waals surface area (Å²) >= 11 is 0. The summed E-state index contributed by atoms with van der Waals surface area (Å²) in [6.07, 6.45) is 0. The van der Waals surface area contributed by atoms with Crippen LogP contribution in [0.5, 0.6) is 0 Å². The zero-order chi connectivity index (χ0) is 16.4. The van der Waals surface area contributed by atoms with E-state index in [1.165, 1.54) is 5.56 Å². The van der Waals surface area contributed by atoms with Crippen LogP contribution < -0.4 is 15.5 Å². The van der Waals surface area contributed by atoms with Crippen LogP contribution >= 0.6 is 0 Å². The molecule has 0 fully saturated rings. The van der Waals surface area contributed by atoms with E-state index in [-0.39, 0.29) is 17.5 Å². The molecular formula is C16H26N4O. The third-order valence-corrected chi connectivity index (χ3v) is 3.03. The van der Waals surface area contributed by atoms with Crippen molar-refractivity contribution in [3.8, 4) is 0 Å². The van der Waals surface area contributed by atoms with Gasteiger partial charge < -0.3 is 10.2 Å². The van der Waals surface area contributed by atoms with Crippen molar-refractivity contribution in [1.29, 1.82) is 5.41 Å². The summed E-state index contributed by atoms with van der Waals surface area (Å²) in [4.78, 5) is 13.5. The number of carbonyl (C=O) groups excluding carboxylic acids is 1. The molecule has 0 aliphatic rings. The molecule has 0 aliphatic carbocycles. The smallest absolute Gasteiger partial charge is 0.321 e. The Labute approximate surface area is 127 Å². The Kier molecular flexibility index (Phi) is 4.99. The molecule has 0 heterocycles. The minimum Gasteiger partial charge on any atom is -0.333 e. The van der Waals surface area contributed by atoms with Crippen molar-refractivity contribution in [3.63, 3.8) is 0 Å². The molecule has 5 nitrogen and oxygen atoms in total. The maximum Gasteiger partial charge on any atom is 0.321 e. The largest absolute Gasteiger partial charge is 0.333 e. The molecule has 5 heteroatoms. The van der Waals surface area contributed by atoms with Gasteiger partial charge in [0.25, 0.3) is 0 Å². The Morgan fingerprint density at radius 2 is 1.62 bits per heavy atom. The van der Waals surface area contributed by atoms with E-state index in [1.807, 2.05) is 41.5 Å². The lowest BCUT2D eigenvalue weighted by Gasteiger charge is -2.26. The molecular weight excluding hydrogens is 264 g/mol. The first-order valence-electron chi connectivity index (χ1n) is 7.00. The third-order valence-electron chi connectivity index (χ3n) is 3.03. The maximum atomic E-state index is 11.8. The molecule has 0 aromatic heterocycles. The minimum atomic E-state index is -0.373. The molecule has 0 atom stereocenters. The summed E-state index contributed by atoms with van der Waals surface area (Å²) in [6, 6.07) is 3.77. The molecule has 1 rings (SSSR count). The molecule has 0 saturated carbocycles. The lowest BCUT2D eigenvalue weighted by Crippen LogP contribution is -2.51. The van der Waals surface area contributed by atoms with Crippen LogP contribution in [0.4, 0.5) is 10.5 Å². The van der Waals surface area contributed by atoms with E-state index in [0.717, 1.165) is 16.8 Å². The third kappa shape index (κ3) is 4.77. The maximum absolute atomic E-state index is 11.8. The Morgan fingerprint density at radius 1 is 1.14 bits per heavy atom. The number of hydrogen-bond acceptors (Lipinski definition) is 2. The summed E-state index contributed by atoms with van der Waals surface area (Å²) in [5.41, 5.74) is 3.96. The van der Waals surface area contributed by atoms with Crippen LogP contribution in [0.25, 0.3) is 0 Å². The topological polar surface area (TPSA) is 68.2 Å². The number of urea groups is 1. The number of guanidine groups is 1. The van der Waals surface area contributed by atoms with Crippen molar-refractivity contribution in [1.82, 2.24) is 10.6 Å². The lowest BCUT2D eigenvalue weighted by molar-refractivity contribution is 0.236. The van der Waals surface area contributed by atoms with Crippen LogP contribution in [0.15, 0.2) is 12.1 Å². The second-order valence-electron chi connectivity index (χ2n) is 6.48. The van der Waals surface area contributed by atoms with E-state index in [2.05, 4.69) is 22.8 Å². The molecule has 2 amide bonds. The molecule has 3 N–H and O–H groups in total. The highest BCUT2D eigenvalue weighted by atomic mass is 16.2. The van der Waals surface area contributed by atoms with Gasteiger partial charge >= 0.3 is 6.03 Å². The standard InChI is InChI=1S/C16H26N4O/c1-10-8-11(2)13(12(3)9-10)20(7)14(17)18-15(21)19-16(4,5)6/h8-9H,1-7H3,(H3,17,18,19,21). The average Bonchev–Trinajstić information content (AvgIpc) is 2.24. The van der Waals surface area contributed by atoms with Gasteiger partial charge in [-0.1, -0.05) is 17.7 Å². The highest BCUT2D eigenvalue weighted by Gasteiger charge is 2.18. The van der Waals surface area contributed by atoms with Crippen molar-refractivity contribution in [2.24, 2.45) is 0 Å². The highest BCUT2D eigenvalue weighted by Crippen LogP contribution is 2.25. The van der Waals surface area contributed by atoms with Gasteiger partial charge in [0.2, 0.25) is 5.96 Å². The van der Waals surface area contributed by atoms with Gasteiger partial charge in [-0.3, -0.25) is 10.7 Å². The molecule has 0 unspecified atom stereocenters. The fourth-order valence-electron chi connectivity index (χ4n) is 2.38. The summed E-state index contributed by atoms with van der Waals surface area (Å²) in [6.45, 7) is 11.8. The molecule has 1 aromatic carbocycles. The van der Waals surface area contributed by atoms with Crippen molar-refractivity contribution in [3.05, 3.63) is 28.8 Å². The van der Waals surface area contributed by atoms with Gasteiger partial charge in [-0.15, -0.1) is 0 Å².